The third-order valence-electron chi connectivity index (χ3n) is 2.21. The third kappa shape index (κ3) is 2.65. The third-order valence-corrected chi connectivity index (χ3v) is 5.80. The van der Waals surface area contributed by atoms with Gasteiger partial charge in [-0.05, 0) is 40.0 Å². The highest BCUT2D eigenvalue weighted by molar-refractivity contribution is 9.11. The van der Waals surface area contributed by atoms with Crippen LogP contribution in [0.25, 0.3) is 0 Å². The van der Waals surface area contributed by atoms with Gasteiger partial charge in [0.15, 0.2) is 3.24 Å². The molecule has 1 aliphatic heterocycles. The molecule has 0 radical (unpaired) electrons. The summed E-state index contributed by atoms with van der Waals surface area (Å²) < 4.78 is -1.37. The molecule has 0 aromatic heterocycles. The van der Waals surface area contributed by atoms with Crippen LogP contribution in [0.4, 0.5) is 0 Å². The number of halogens is 4. The Balaban J connectivity index is 2.24. The van der Waals surface area contributed by atoms with Crippen LogP contribution < -0.4 is 0 Å². The second-order valence-electron chi connectivity index (χ2n) is 3.41. The molecule has 0 saturated carbocycles. The Hall–Kier alpha value is 0.0600. The van der Waals surface area contributed by atoms with Gasteiger partial charge in [-0.1, -0.05) is 35.3 Å². The molecule has 96 valence electrons. The van der Waals surface area contributed by atoms with Crippen molar-refractivity contribution in [1.82, 2.24) is 4.31 Å². The Morgan fingerprint density at radius 1 is 1.17 bits per heavy atom. The Morgan fingerprint density at radius 2 is 1.61 bits per heavy atom. The molecule has 1 unspecified atom stereocenters. The molecule has 8 heteroatoms. The van der Waals surface area contributed by atoms with Gasteiger partial charge in [0.1, 0.15) is 4.71 Å². The second kappa shape index (κ2) is 5.21. The monoisotopic (exact) mass is 387 g/mol. The molecular weight excluding hydrogens is 384 g/mol. The summed E-state index contributed by atoms with van der Waals surface area (Å²) in [6, 6.07) is 6.55. The molecule has 18 heavy (non-hydrogen) atoms. The first-order chi connectivity index (χ1) is 8.32. The van der Waals surface area contributed by atoms with Crippen molar-refractivity contribution in [2.24, 2.45) is 0 Å². The van der Waals surface area contributed by atoms with Crippen molar-refractivity contribution in [2.75, 3.05) is 0 Å². The number of alkyl halides is 4. The van der Waals surface area contributed by atoms with E-state index < -0.39 is 19.8 Å². The fourth-order valence-corrected chi connectivity index (χ4v) is 2.84. The molecule has 0 spiro atoms. The molecule has 0 bridgehead atoms. The van der Waals surface area contributed by atoms with Crippen LogP contribution >= 0.6 is 62.7 Å². The predicted molar refractivity (Wildman–Crippen MR) is 77.5 cm³/mol. The van der Waals surface area contributed by atoms with Crippen LogP contribution in [-0.2, 0) is 0 Å². The highest BCUT2D eigenvalue weighted by Crippen LogP contribution is 2.44. The van der Waals surface area contributed by atoms with Gasteiger partial charge in [0, 0.05) is 0 Å². The molecular formula is C10H5BrCl3NO2S. The van der Waals surface area contributed by atoms with Crippen molar-refractivity contribution in [2.45, 2.75) is 7.95 Å². The lowest BCUT2D eigenvalue weighted by Gasteiger charge is -2.21. The zero-order valence-corrected chi connectivity index (χ0v) is 13.2. The van der Waals surface area contributed by atoms with E-state index >= 15 is 0 Å². The maximum Gasteiger partial charge on any atom is 0.271 e. The fourth-order valence-electron chi connectivity index (χ4n) is 1.42. The zero-order valence-electron chi connectivity index (χ0n) is 8.57. The second-order valence-corrected chi connectivity index (χ2v) is 8.71. The van der Waals surface area contributed by atoms with Crippen molar-refractivity contribution in [3.63, 3.8) is 0 Å². The average Bonchev–Trinajstić information content (AvgIpc) is 2.54. The lowest BCUT2D eigenvalue weighted by Crippen LogP contribution is -2.28. The molecule has 0 aliphatic carbocycles. The quantitative estimate of drug-likeness (QED) is 0.445. The summed E-state index contributed by atoms with van der Waals surface area (Å²) in [5.41, 5.74) is 0.700. The number of nitrogens with zero attached hydrogens (tertiary/aromatic N) is 1. The van der Waals surface area contributed by atoms with Crippen LogP contribution in [0, 0.1) is 0 Å². The molecule has 1 heterocycles. The largest absolute Gasteiger partial charge is 0.271 e. The highest BCUT2D eigenvalue weighted by Gasteiger charge is 2.41. The molecule has 3 nitrogen and oxygen atoms in total. The van der Waals surface area contributed by atoms with Gasteiger partial charge in [-0.3, -0.25) is 9.59 Å². The van der Waals surface area contributed by atoms with E-state index in [1.54, 1.807) is 24.3 Å². The van der Waals surface area contributed by atoms with Gasteiger partial charge < -0.3 is 0 Å². The Morgan fingerprint density at radius 3 is 2.00 bits per heavy atom. The van der Waals surface area contributed by atoms with Gasteiger partial charge in [-0.2, -0.15) is 0 Å². The normalized spacial score (nSPS) is 17.0. The van der Waals surface area contributed by atoms with Crippen molar-refractivity contribution >= 4 is 74.5 Å². The Labute approximate surface area is 131 Å². The maximum absolute atomic E-state index is 12.0. The number of carbonyl (C=O) groups is 2. The standard InChI is InChI=1S/C10H5BrCl3NO2S/c11-10(13,14)9(12)18-15-7(16)5-3-1-2-4-6(5)8(15)17/h1-4,9H. The summed E-state index contributed by atoms with van der Waals surface area (Å²) in [7, 11) is 0. The molecule has 0 saturated heterocycles. The number of fused-ring (bicyclic) bond motifs is 1. The van der Waals surface area contributed by atoms with E-state index in [9.17, 15) is 9.59 Å². The van der Waals surface area contributed by atoms with E-state index in [1.165, 1.54) is 0 Å². The van der Waals surface area contributed by atoms with Gasteiger partial charge in [-0.25, -0.2) is 4.31 Å². The molecule has 0 fully saturated rings. The van der Waals surface area contributed by atoms with Gasteiger partial charge in [0.2, 0.25) is 0 Å². The summed E-state index contributed by atoms with van der Waals surface area (Å²) in [6.45, 7) is 0. The summed E-state index contributed by atoms with van der Waals surface area (Å²) in [5.74, 6) is -0.840. The van der Waals surface area contributed by atoms with Crippen molar-refractivity contribution in [3.05, 3.63) is 35.4 Å². The molecule has 1 atom stereocenters. The molecule has 1 aromatic carbocycles. The molecule has 2 rings (SSSR count). The van der Waals surface area contributed by atoms with Gasteiger partial charge in [0.25, 0.3) is 11.8 Å². The molecule has 0 N–H and O–H groups in total. The summed E-state index contributed by atoms with van der Waals surface area (Å²) >= 11 is 21.1. The van der Waals surface area contributed by atoms with E-state index in [1.807, 2.05) is 0 Å². The smallest absolute Gasteiger partial charge is 0.268 e. The van der Waals surface area contributed by atoms with Crippen LogP contribution in [-0.4, -0.2) is 24.1 Å². The van der Waals surface area contributed by atoms with Crippen molar-refractivity contribution in [3.8, 4) is 0 Å². The van der Waals surface area contributed by atoms with E-state index in [-0.39, 0.29) is 0 Å². The number of imide groups is 1. The van der Waals surface area contributed by atoms with Crippen LogP contribution in [0.5, 0.6) is 0 Å². The number of amides is 2. The van der Waals surface area contributed by atoms with Crippen LogP contribution in [0.2, 0.25) is 0 Å². The minimum atomic E-state index is -1.44. The van der Waals surface area contributed by atoms with Gasteiger partial charge >= 0.3 is 0 Å². The maximum atomic E-state index is 12.0. The SMILES string of the molecule is O=C1c2ccccc2C(=O)N1SC(Cl)C(Cl)(Cl)Br. The first kappa shape index (κ1) is 14.5. The first-order valence-corrected chi connectivity index (χ1v) is 7.50. The predicted octanol–water partition coefficient (Wildman–Crippen LogP) is 4.02. The summed E-state index contributed by atoms with van der Waals surface area (Å²) in [5, 5.41) is 0. The number of benzene rings is 1. The van der Waals surface area contributed by atoms with E-state index in [4.69, 9.17) is 34.8 Å². The Bertz CT molecular complexity index is 485. The lowest BCUT2D eigenvalue weighted by molar-refractivity contribution is 0.0777. The molecule has 2 amide bonds. The van der Waals surface area contributed by atoms with E-state index in [2.05, 4.69) is 15.9 Å². The fraction of sp³-hybridized carbons (Fsp3) is 0.200. The van der Waals surface area contributed by atoms with E-state index in [0.29, 0.717) is 11.1 Å². The number of hydrogen-bond acceptors (Lipinski definition) is 3. The van der Waals surface area contributed by atoms with Gasteiger partial charge in [-0.15, -0.1) is 11.6 Å². The van der Waals surface area contributed by atoms with Crippen LogP contribution in [0.1, 0.15) is 20.7 Å². The minimum Gasteiger partial charge on any atom is -0.268 e. The summed E-state index contributed by atoms with van der Waals surface area (Å²) in [4.78, 5) is 24.0. The Kier molecular flexibility index (Phi) is 4.19. The highest BCUT2D eigenvalue weighted by atomic mass is 79.9. The average molecular weight is 389 g/mol. The number of carbonyl (C=O) groups excluding carboxylic acids is 2. The van der Waals surface area contributed by atoms with E-state index in [0.717, 1.165) is 16.3 Å². The van der Waals surface area contributed by atoms with Crippen LogP contribution in [0.3, 0.4) is 0 Å². The number of hydrogen-bond donors (Lipinski definition) is 0. The summed E-state index contributed by atoms with van der Waals surface area (Å²) in [6.07, 6.45) is 0. The first-order valence-electron chi connectivity index (χ1n) is 4.67. The van der Waals surface area contributed by atoms with Crippen molar-refractivity contribution < 1.29 is 9.59 Å². The molecule has 1 aromatic rings. The molecule has 1 aliphatic rings. The van der Waals surface area contributed by atoms with Crippen LogP contribution in [0.15, 0.2) is 24.3 Å². The van der Waals surface area contributed by atoms with Gasteiger partial charge in [0.05, 0.1) is 11.1 Å². The minimum absolute atomic E-state index is 0.350. The van der Waals surface area contributed by atoms with Crippen molar-refractivity contribution in [1.29, 1.82) is 0 Å². The topological polar surface area (TPSA) is 37.4 Å². The lowest BCUT2D eigenvalue weighted by atomic mass is 10.1. The number of rotatable bonds is 3. The zero-order chi connectivity index (χ0) is 13.5.